The standard InChI is InChI=1S/C15H19N3S/c1-2-14-11-18(12-19-14)15-9-13(5-6-16-15)10-17-7-3-4-8-17/h2,5-6,9,11H,1,3-4,7-8,10,12H2. The van der Waals surface area contributed by atoms with Crippen molar-refractivity contribution in [2.75, 3.05) is 23.9 Å². The highest BCUT2D eigenvalue weighted by atomic mass is 32.2. The normalized spacial score (nSPS) is 19.8. The van der Waals surface area contributed by atoms with Crippen molar-refractivity contribution in [2.24, 2.45) is 0 Å². The monoisotopic (exact) mass is 273 g/mol. The first-order valence-corrected chi connectivity index (χ1v) is 7.75. The minimum atomic E-state index is 0.932. The molecule has 0 aliphatic carbocycles. The largest absolute Gasteiger partial charge is 0.322 e. The number of likely N-dealkylation sites (tertiary alicyclic amines) is 1. The summed E-state index contributed by atoms with van der Waals surface area (Å²) in [5.41, 5.74) is 1.36. The zero-order valence-corrected chi connectivity index (χ0v) is 11.9. The Balaban J connectivity index is 1.72. The van der Waals surface area contributed by atoms with E-state index in [9.17, 15) is 0 Å². The molecule has 1 fully saturated rings. The van der Waals surface area contributed by atoms with E-state index in [-0.39, 0.29) is 0 Å². The lowest BCUT2D eigenvalue weighted by atomic mass is 10.2. The molecule has 0 bridgehead atoms. The number of pyridine rings is 1. The summed E-state index contributed by atoms with van der Waals surface area (Å²) >= 11 is 1.80. The fraction of sp³-hybridized carbons (Fsp3) is 0.400. The molecule has 4 heteroatoms. The Morgan fingerprint density at radius 1 is 1.37 bits per heavy atom. The molecule has 100 valence electrons. The second-order valence-electron chi connectivity index (χ2n) is 4.98. The zero-order chi connectivity index (χ0) is 13.1. The molecule has 1 aromatic rings. The predicted octanol–water partition coefficient (Wildman–Crippen LogP) is 3.22. The Hall–Kier alpha value is -1.26. The summed E-state index contributed by atoms with van der Waals surface area (Å²) in [5.74, 6) is 1.97. The topological polar surface area (TPSA) is 19.4 Å². The second kappa shape index (κ2) is 5.80. The molecule has 0 aromatic carbocycles. The number of rotatable bonds is 4. The SMILES string of the molecule is C=CC1=CN(c2cc(CN3CCCC3)ccn2)CS1. The van der Waals surface area contributed by atoms with Crippen molar-refractivity contribution in [3.8, 4) is 0 Å². The van der Waals surface area contributed by atoms with Gasteiger partial charge in [-0.05, 0) is 43.6 Å². The maximum absolute atomic E-state index is 4.48. The minimum Gasteiger partial charge on any atom is -0.322 e. The first-order valence-electron chi connectivity index (χ1n) is 6.76. The van der Waals surface area contributed by atoms with E-state index in [0.717, 1.165) is 18.2 Å². The smallest absolute Gasteiger partial charge is 0.133 e. The predicted molar refractivity (Wildman–Crippen MR) is 82.0 cm³/mol. The van der Waals surface area contributed by atoms with Crippen LogP contribution in [-0.4, -0.2) is 28.9 Å². The number of aromatic nitrogens is 1. The number of thioether (sulfide) groups is 1. The van der Waals surface area contributed by atoms with E-state index in [2.05, 4.69) is 39.7 Å². The van der Waals surface area contributed by atoms with Gasteiger partial charge in [-0.15, -0.1) is 11.8 Å². The lowest BCUT2D eigenvalue weighted by Crippen LogP contribution is -2.19. The van der Waals surface area contributed by atoms with Gasteiger partial charge in [0.05, 0.1) is 5.88 Å². The quantitative estimate of drug-likeness (QED) is 0.838. The summed E-state index contributed by atoms with van der Waals surface area (Å²) in [6, 6.07) is 4.34. The molecule has 0 atom stereocenters. The van der Waals surface area contributed by atoms with E-state index in [0.29, 0.717) is 0 Å². The van der Waals surface area contributed by atoms with Crippen LogP contribution in [0.2, 0.25) is 0 Å². The summed E-state index contributed by atoms with van der Waals surface area (Å²) in [7, 11) is 0. The molecule has 0 unspecified atom stereocenters. The molecular weight excluding hydrogens is 254 g/mol. The van der Waals surface area contributed by atoms with E-state index < -0.39 is 0 Å². The Morgan fingerprint density at radius 3 is 2.95 bits per heavy atom. The molecule has 0 N–H and O–H groups in total. The van der Waals surface area contributed by atoms with Crippen LogP contribution in [0.15, 0.2) is 42.1 Å². The second-order valence-corrected chi connectivity index (χ2v) is 6.00. The van der Waals surface area contributed by atoms with Crippen molar-refractivity contribution >= 4 is 17.6 Å². The van der Waals surface area contributed by atoms with Gasteiger partial charge in [0.25, 0.3) is 0 Å². The lowest BCUT2D eigenvalue weighted by Gasteiger charge is -2.17. The van der Waals surface area contributed by atoms with Gasteiger partial charge in [-0.1, -0.05) is 12.7 Å². The maximum Gasteiger partial charge on any atom is 0.133 e. The number of hydrogen-bond acceptors (Lipinski definition) is 4. The summed E-state index contributed by atoms with van der Waals surface area (Å²) in [6.07, 6.45) is 8.63. The molecule has 3 nitrogen and oxygen atoms in total. The van der Waals surface area contributed by atoms with Crippen molar-refractivity contribution in [1.82, 2.24) is 9.88 Å². The van der Waals surface area contributed by atoms with Gasteiger partial charge >= 0.3 is 0 Å². The Labute approximate surface area is 119 Å². The Kier molecular flexibility index (Phi) is 3.89. The number of anilines is 1. The minimum absolute atomic E-state index is 0.932. The first-order chi connectivity index (χ1) is 9.35. The molecule has 1 saturated heterocycles. The van der Waals surface area contributed by atoms with E-state index >= 15 is 0 Å². The number of hydrogen-bond donors (Lipinski definition) is 0. The van der Waals surface area contributed by atoms with Gasteiger partial charge in [0.2, 0.25) is 0 Å². The highest BCUT2D eigenvalue weighted by Gasteiger charge is 2.15. The van der Waals surface area contributed by atoms with Gasteiger partial charge in [0.15, 0.2) is 0 Å². The van der Waals surface area contributed by atoms with Gasteiger partial charge in [-0.25, -0.2) is 4.98 Å². The van der Waals surface area contributed by atoms with Gasteiger partial charge < -0.3 is 4.90 Å². The molecular formula is C15H19N3S. The van der Waals surface area contributed by atoms with Gasteiger partial charge in [0, 0.05) is 23.8 Å². The highest BCUT2D eigenvalue weighted by molar-refractivity contribution is 8.03. The van der Waals surface area contributed by atoms with Crippen molar-refractivity contribution < 1.29 is 0 Å². The van der Waals surface area contributed by atoms with Crippen molar-refractivity contribution in [3.63, 3.8) is 0 Å². The van der Waals surface area contributed by atoms with Crippen molar-refractivity contribution in [1.29, 1.82) is 0 Å². The van der Waals surface area contributed by atoms with Crippen LogP contribution in [0.25, 0.3) is 0 Å². The number of allylic oxidation sites excluding steroid dienone is 1. The third-order valence-corrected chi connectivity index (χ3v) is 4.58. The van der Waals surface area contributed by atoms with Crippen LogP contribution in [-0.2, 0) is 6.54 Å². The molecule has 0 radical (unpaired) electrons. The molecule has 0 spiro atoms. The summed E-state index contributed by atoms with van der Waals surface area (Å²) < 4.78 is 0. The van der Waals surface area contributed by atoms with Gasteiger partial charge in [-0.2, -0.15) is 0 Å². The number of nitrogens with zero attached hydrogens (tertiary/aromatic N) is 3. The molecule has 0 amide bonds. The van der Waals surface area contributed by atoms with Crippen molar-refractivity contribution in [2.45, 2.75) is 19.4 Å². The van der Waals surface area contributed by atoms with E-state index in [1.54, 1.807) is 11.8 Å². The third-order valence-electron chi connectivity index (χ3n) is 3.56. The molecule has 2 aliphatic rings. The first kappa shape index (κ1) is 12.8. The zero-order valence-electron chi connectivity index (χ0n) is 11.1. The Bertz CT molecular complexity index is 492. The van der Waals surface area contributed by atoms with Crippen LogP contribution in [0, 0.1) is 0 Å². The van der Waals surface area contributed by atoms with Crippen LogP contribution in [0.5, 0.6) is 0 Å². The summed E-state index contributed by atoms with van der Waals surface area (Å²) in [6.45, 7) is 7.33. The van der Waals surface area contributed by atoms with Crippen LogP contribution in [0.3, 0.4) is 0 Å². The van der Waals surface area contributed by atoms with E-state index in [1.807, 2.05) is 12.3 Å². The summed E-state index contributed by atoms with van der Waals surface area (Å²) in [4.78, 5) is 10.4. The van der Waals surface area contributed by atoms with Crippen LogP contribution in [0.1, 0.15) is 18.4 Å². The fourth-order valence-corrected chi connectivity index (χ4v) is 3.35. The van der Waals surface area contributed by atoms with Crippen LogP contribution < -0.4 is 4.90 Å². The molecule has 0 saturated carbocycles. The van der Waals surface area contributed by atoms with E-state index in [1.165, 1.54) is 36.4 Å². The average molecular weight is 273 g/mol. The lowest BCUT2D eigenvalue weighted by molar-refractivity contribution is 0.331. The van der Waals surface area contributed by atoms with Crippen molar-refractivity contribution in [3.05, 3.63) is 47.7 Å². The molecule has 2 aliphatic heterocycles. The van der Waals surface area contributed by atoms with Crippen LogP contribution in [0.4, 0.5) is 5.82 Å². The molecule has 3 heterocycles. The van der Waals surface area contributed by atoms with Gasteiger partial charge in [-0.3, -0.25) is 4.90 Å². The molecule has 3 rings (SSSR count). The Morgan fingerprint density at radius 2 is 2.21 bits per heavy atom. The molecule has 19 heavy (non-hydrogen) atoms. The fourth-order valence-electron chi connectivity index (χ4n) is 2.53. The maximum atomic E-state index is 4.48. The van der Waals surface area contributed by atoms with Crippen LogP contribution >= 0.6 is 11.8 Å². The third kappa shape index (κ3) is 3.01. The average Bonchev–Trinajstić information content (AvgIpc) is 3.09. The molecule has 1 aromatic heterocycles. The summed E-state index contributed by atoms with van der Waals surface area (Å²) in [5, 5.41) is 0. The van der Waals surface area contributed by atoms with E-state index in [4.69, 9.17) is 0 Å². The van der Waals surface area contributed by atoms with Gasteiger partial charge in [0.1, 0.15) is 5.82 Å². The highest BCUT2D eigenvalue weighted by Crippen LogP contribution is 2.29.